The molecule has 1 heterocycles. The molecule has 0 saturated carbocycles. The van der Waals surface area contributed by atoms with Crippen LogP contribution in [0.25, 0.3) is 0 Å². The number of nitrogens with zero attached hydrogens (tertiary/aromatic N) is 1. The Kier molecular flexibility index (Phi) is 5.73. The van der Waals surface area contributed by atoms with Crippen LogP contribution in [0.4, 0.5) is 0 Å². The van der Waals surface area contributed by atoms with Crippen molar-refractivity contribution in [3.63, 3.8) is 0 Å². The van der Waals surface area contributed by atoms with Gasteiger partial charge in [-0.1, -0.05) is 6.92 Å². The Hall–Kier alpha value is -0.120. The van der Waals surface area contributed by atoms with E-state index in [0.717, 1.165) is 19.8 Å². The molecule has 0 aliphatic carbocycles. The summed E-state index contributed by atoms with van der Waals surface area (Å²) in [5.41, 5.74) is 0.422. The van der Waals surface area contributed by atoms with Crippen LogP contribution >= 0.6 is 0 Å². The third-order valence-electron chi connectivity index (χ3n) is 4.03. The third-order valence-corrected chi connectivity index (χ3v) is 4.03. The second-order valence-electron chi connectivity index (χ2n) is 5.32. The molecule has 1 fully saturated rings. The van der Waals surface area contributed by atoms with Crippen molar-refractivity contribution in [2.75, 3.05) is 40.4 Å². The lowest BCUT2D eigenvalue weighted by Gasteiger charge is -2.41. The zero-order valence-electron chi connectivity index (χ0n) is 11.4. The van der Waals surface area contributed by atoms with Gasteiger partial charge >= 0.3 is 0 Å². The number of hydrogen-bond acceptors (Lipinski definition) is 3. The standard InChI is InChI=1S/C13H28N2O/c1-5-12(2)15(4)11-13(10-14-3)6-8-16-9-7-13/h12,14H,5-11H2,1-4H3. The molecule has 0 bridgehead atoms. The third kappa shape index (κ3) is 3.72. The van der Waals surface area contributed by atoms with E-state index in [2.05, 4.69) is 38.2 Å². The van der Waals surface area contributed by atoms with Crippen LogP contribution in [0.3, 0.4) is 0 Å². The van der Waals surface area contributed by atoms with Crippen LogP contribution in [0.15, 0.2) is 0 Å². The lowest BCUT2D eigenvalue weighted by atomic mass is 9.79. The van der Waals surface area contributed by atoms with E-state index in [-0.39, 0.29) is 0 Å². The van der Waals surface area contributed by atoms with Crippen LogP contribution in [0.2, 0.25) is 0 Å². The quantitative estimate of drug-likeness (QED) is 0.749. The summed E-state index contributed by atoms with van der Waals surface area (Å²) >= 11 is 0. The van der Waals surface area contributed by atoms with Crippen molar-refractivity contribution in [1.29, 1.82) is 0 Å². The first-order valence-electron chi connectivity index (χ1n) is 6.56. The molecule has 96 valence electrons. The Bertz CT molecular complexity index is 185. The Morgan fingerprint density at radius 2 is 2.00 bits per heavy atom. The van der Waals surface area contributed by atoms with Gasteiger partial charge in [0.2, 0.25) is 0 Å². The highest BCUT2D eigenvalue weighted by molar-refractivity contribution is 4.87. The van der Waals surface area contributed by atoms with Gasteiger partial charge in [-0.2, -0.15) is 0 Å². The molecule has 0 spiro atoms. The fraction of sp³-hybridized carbons (Fsp3) is 1.00. The monoisotopic (exact) mass is 228 g/mol. The fourth-order valence-electron chi connectivity index (χ4n) is 2.57. The SMILES string of the molecule is CCC(C)N(C)CC1(CNC)CCOCC1. The molecule has 1 rings (SSSR count). The fourth-order valence-corrected chi connectivity index (χ4v) is 2.57. The predicted octanol–water partition coefficient (Wildman–Crippen LogP) is 1.73. The van der Waals surface area contributed by atoms with E-state index in [1.807, 2.05) is 0 Å². The van der Waals surface area contributed by atoms with Crippen LogP contribution < -0.4 is 5.32 Å². The molecule has 0 amide bonds. The van der Waals surface area contributed by atoms with E-state index in [0.29, 0.717) is 11.5 Å². The van der Waals surface area contributed by atoms with Crippen molar-refractivity contribution in [2.45, 2.75) is 39.2 Å². The Labute approximate surface area is 101 Å². The summed E-state index contributed by atoms with van der Waals surface area (Å²) in [6, 6.07) is 0.677. The van der Waals surface area contributed by atoms with Crippen LogP contribution in [0, 0.1) is 5.41 Å². The normalized spacial score (nSPS) is 22.3. The van der Waals surface area contributed by atoms with Crippen molar-refractivity contribution in [2.24, 2.45) is 5.41 Å². The molecule has 1 unspecified atom stereocenters. The van der Waals surface area contributed by atoms with Crippen LogP contribution in [-0.4, -0.2) is 51.3 Å². The van der Waals surface area contributed by atoms with E-state index < -0.39 is 0 Å². The number of hydrogen-bond donors (Lipinski definition) is 1. The Morgan fingerprint density at radius 3 is 2.50 bits per heavy atom. The van der Waals surface area contributed by atoms with Gasteiger partial charge in [0, 0.05) is 32.3 Å². The van der Waals surface area contributed by atoms with Crippen LogP contribution in [0.5, 0.6) is 0 Å². The first-order valence-corrected chi connectivity index (χ1v) is 6.56. The number of rotatable bonds is 6. The molecular formula is C13H28N2O. The molecule has 1 N–H and O–H groups in total. The Morgan fingerprint density at radius 1 is 1.38 bits per heavy atom. The minimum absolute atomic E-state index is 0.422. The van der Waals surface area contributed by atoms with Gasteiger partial charge in [-0.3, -0.25) is 0 Å². The zero-order chi connectivity index (χ0) is 12.0. The van der Waals surface area contributed by atoms with Gasteiger partial charge in [0.25, 0.3) is 0 Å². The lowest BCUT2D eigenvalue weighted by Crippen LogP contribution is -2.47. The second kappa shape index (κ2) is 6.58. The highest BCUT2D eigenvalue weighted by Crippen LogP contribution is 2.31. The molecular weight excluding hydrogens is 200 g/mol. The molecule has 0 aromatic carbocycles. The van der Waals surface area contributed by atoms with E-state index in [1.54, 1.807) is 0 Å². The molecule has 16 heavy (non-hydrogen) atoms. The highest BCUT2D eigenvalue weighted by atomic mass is 16.5. The molecule has 3 nitrogen and oxygen atoms in total. The maximum absolute atomic E-state index is 5.49. The summed E-state index contributed by atoms with van der Waals surface area (Å²) in [7, 11) is 4.31. The van der Waals surface area contributed by atoms with Crippen molar-refractivity contribution in [3.8, 4) is 0 Å². The first-order chi connectivity index (χ1) is 7.63. The molecule has 1 aliphatic rings. The van der Waals surface area contributed by atoms with Crippen LogP contribution in [-0.2, 0) is 4.74 Å². The summed E-state index contributed by atoms with van der Waals surface area (Å²) < 4.78 is 5.49. The molecule has 3 heteroatoms. The van der Waals surface area contributed by atoms with Gasteiger partial charge in [0.1, 0.15) is 0 Å². The molecule has 1 saturated heterocycles. The molecule has 1 atom stereocenters. The van der Waals surface area contributed by atoms with Crippen molar-refractivity contribution in [1.82, 2.24) is 10.2 Å². The first kappa shape index (κ1) is 13.9. The Balaban J connectivity index is 2.55. The summed E-state index contributed by atoms with van der Waals surface area (Å²) in [6.07, 6.45) is 3.60. The topological polar surface area (TPSA) is 24.5 Å². The molecule has 0 aromatic rings. The summed E-state index contributed by atoms with van der Waals surface area (Å²) in [6.45, 7) is 8.72. The zero-order valence-corrected chi connectivity index (χ0v) is 11.4. The van der Waals surface area contributed by atoms with Gasteiger partial charge in [0.05, 0.1) is 0 Å². The van der Waals surface area contributed by atoms with Gasteiger partial charge < -0.3 is 15.0 Å². The van der Waals surface area contributed by atoms with Gasteiger partial charge in [-0.15, -0.1) is 0 Å². The summed E-state index contributed by atoms with van der Waals surface area (Å²) in [5.74, 6) is 0. The molecule has 0 aromatic heterocycles. The van der Waals surface area contributed by atoms with E-state index in [1.165, 1.54) is 25.8 Å². The van der Waals surface area contributed by atoms with E-state index in [9.17, 15) is 0 Å². The van der Waals surface area contributed by atoms with E-state index >= 15 is 0 Å². The summed E-state index contributed by atoms with van der Waals surface area (Å²) in [5, 5.41) is 3.36. The van der Waals surface area contributed by atoms with Crippen molar-refractivity contribution >= 4 is 0 Å². The number of nitrogens with one attached hydrogen (secondary N) is 1. The average Bonchev–Trinajstić information content (AvgIpc) is 2.29. The maximum Gasteiger partial charge on any atom is 0.0472 e. The predicted molar refractivity (Wildman–Crippen MR) is 68.8 cm³/mol. The van der Waals surface area contributed by atoms with Crippen molar-refractivity contribution < 1.29 is 4.74 Å². The number of ether oxygens (including phenoxy) is 1. The largest absolute Gasteiger partial charge is 0.381 e. The van der Waals surface area contributed by atoms with Crippen LogP contribution in [0.1, 0.15) is 33.1 Å². The summed E-state index contributed by atoms with van der Waals surface area (Å²) in [4.78, 5) is 2.50. The second-order valence-corrected chi connectivity index (χ2v) is 5.32. The van der Waals surface area contributed by atoms with Gasteiger partial charge in [-0.25, -0.2) is 0 Å². The average molecular weight is 228 g/mol. The minimum atomic E-state index is 0.422. The van der Waals surface area contributed by atoms with Crippen molar-refractivity contribution in [3.05, 3.63) is 0 Å². The minimum Gasteiger partial charge on any atom is -0.381 e. The lowest BCUT2D eigenvalue weighted by molar-refractivity contribution is -0.00494. The smallest absolute Gasteiger partial charge is 0.0472 e. The van der Waals surface area contributed by atoms with Gasteiger partial charge in [0.15, 0.2) is 0 Å². The maximum atomic E-state index is 5.49. The van der Waals surface area contributed by atoms with E-state index in [4.69, 9.17) is 4.74 Å². The van der Waals surface area contributed by atoms with Gasteiger partial charge in [-0.05, 0) is 45.7 Å². The molecule has 1 aliphatic heterocycles. The highest BCUT2D eigenvalue weighted by Gasteiger charge is 2.33. The molecule has 0 radical (unpaired) electrons.